The van der Waals surface area contributed by atoms with E-state index in [1.165, 1.54) is 7.11 Å². The molecule has 0 saturated heterocycles. The van der Waals surface area contributed by atoms with Crippen LogP contribution in [0.4, 0.5) is 8.78 Å². The first kappa shape index (κ1) is 21.9. The minimum absolute atomic E-state index is 0.0885. The molecule has 2 atom stereocenters. The Kier molecular flexibility index (Phi) is 12.9. The number of hydrogen-bond acceptors (Lipinski definition) is 1. The van der Waals surface area contributed by atoms with Crippen molar-refractivity contribution in [3.05, 3.63) is 48.8 Å². The molecule has 1 nitrogen and oxygen atoms in total. The molecule has 0 aromatic carbocycles. The molecule has 0 aliphatic carbocycles. The molecule has 2 unspecified atom stereocenters. The average Bonchev–Trinajstić information content (AvgIpc) is 2.49. The summed E-state index contributed by atoms with van der Waals surface area (Å²) in [6.45, 7) is 18.3. The van der Waals surface area contributed by atoms with Crippen LogP contribution in [-0.4, -0.2) is 7.11 Å². The first-order valence-electron chi connectivity index (χ1n) is 7.31. The predicted molar refractivity (Wildman–Crippen MR) is 88.3 cm³/mol. The Balaban J connectivity index is 0. The summed E-state index contributed by atoms with van der Waals surface area (Å²) in [5.41, 5.74) is 0.175. The number of allylic oxidation sites excluding steroid dienone is 4. The quantitative estimate of drug-likeness (QED) is 0.282. The van der Waals surface area contributed by atoms with Crippen molar-refractivity contribution in [1.82, 2.24) is 0 Å². The Morgan fingerprint density at radius 1 is 1.14 bits per heavy atom. The van der Waals surface area contributed by atoms with Gasteiger partial charge in [0.15, 0.2) is 11.7 Å². The molecule has 0 rings (SSSR count). The molecule has 0 amide bonds. The fraction of sp³-hybridized carbons (Fsp3) is 0.556. The zero-order valence-corrected chi connectivity index (χ0v) is 14.1. The number of rotatable bonds is 8. The van der Waals surface area contributed by atoms with Crippen molar-refractivity contribution >= 4 is 0 Å². The number of hydrogen-bond donors (Lipinski definition) is 0. The van der Waals surface area contributed by atoms with Crippen LogP contribution in [0.2, 0.25) is 0 Å². The van der Waals surface area contributed by atoms with Crippen LogP contribution in [0.3, 0.4) is 0 Å². The summed E-state index contributed by atoms with van der Waals surface area (Å²) in [6, 6.07) is 0. The van der Waals surface area contributed by atoms with Crippen molar-refractivity contribution < 1.29 is 13.5 Å². The van der Waals surface area contributed by atoms with Gasteiger partial charge < -0.3 is 4.74 Å². The van der Waals surface area contributed by atoms with Crippen molar-refractivity contribution in [3.63, 3.8) is 0 Å². The van der Waals surface area contributed by atoms with Crippen LogP contribution in [0, 0.1) is 11.8 Å². The van der Waals surface area contributed by atoms with Gasteiger partial charge in [-0.3, -0.25) is 0 Å². The predicted octanol–water partition coefficient (Wildman–Crippen LogP) is 6.51. The highest BCUT2D eigenvalue weighted by molar-refractivity contribution is 5.33. The van der Waals surface area contributed by atoms with E-state index < -0.39 is 11.7 Å². The van der Waals surface area contributed by atoms with Crippen molar-refractivity contribution in [2.45, 2.75) is 47.0 Å². The van der Waals surface area contributed by atoms with E-state index in [0.29, 0.717) is 5.92 Å². The minimum atomic E-state index is -1.06. The van der Waals surface area contributed by atoms with E-state index in [1.54, 1.807) is 6.08 Å². The summed E-state index contributed by atoms with van der Waals surface area (Å²) >= 11 is 0. The average molecular weight is 300 g/mol. The van der Waals surface area contributed by atoms with Crippen molar-refractivity contribution in [2.24, 2.45) is 11.8 Å². The molecular weight excluding hydrogens is 270 g/mol. The van der Waals surface area contributed by atoms with E-state index in [1.807, 2.05) is 13.8 Å². The molecule has 0 radical (unpaired) electrons. The zero-order valence-electron chi connectivity index (χ0n) is 14.1. The Labute approximate surface area is 129 Å². The van der Waals surface area contributed by atoms with Crippen LogP contribution < -0.4 is 0 Å². The molecule has 0 N–H and O–H groups in total. The van der Waals surface area contributed by atoms with Crippen LogP contribution >= 0.6 is 0 Å². The minimum Gasteiger partial charge on any atom is -0.494 e. The lowest BCUT2D eigenvalue weighted by atomic mass is 9.91. The highest BCUT2D eigenvalue weighted by Gasteiger charge is 2.18. The number of methoxy groups -OCH3 is 1. The molecule has 122 valence electrons. The molecule has 0 spiro atoms. The van der Waals surface area contributed by atoms with E-state index >= 15 is 0 Å². The second-order valence-corrected chi connectivity index (χ2v) is 5.18. The fourth-order valence-corrected chi connectivity index (χ4v) is 1.48. The van der Waals surface area contributed by atoms with E-state index in [2.05, 4.69) is 38.3 Å². The first-order valence-corrected chi connectivity index (χ1v) is 7.31. The highest BCUT2D eigenvalue weighted by Crippen LogP contribution is 2.30. The molecule has 0 saturated carbocycles. The topological polar surface area (TPSA) is 9.23 Å². The lowest BCUT2D eigenvalue weighted by Crippen LogP contribution is -2.04. The van der Waals surface area contributed by atoms with Crippen molar-refractivity contribution in [2.75, 3.05) is 7.11 Å². The normalized spacial score (nSPS) is 14.0. The Bertz CT molecular complexity index is 369. The van der Waals surface area contributed by atoms with Gasteiger partial charge in [0.25, 0.3) is 0 Å². The van der Waals surface area contributed by atoms with E-state index in [0.717, 1.165) is 19.3 Å². The summed E-state index contributed by atoms with van der Waals surface area (Å²) < 4.78 is 31.8. The Hall–Kier alpha value is -1.38. The molecule has 0 aromatic rings. The molecule has 0 aliphatic heterocycles. The molecule has 21 heavy (non-hydrogen) atoms. The lowest BCUT2D eigenvalue weighted by Gasteiger charge is -2.16. The van der Waals surface area contributed by atoms with Crippen LogP contribution in [0.15, 0.2) is 48.8 Å². The molecule has 0 aliphatic rings. The summed E-state index contributed by atoms with van der Waals surface area (Å²) in [4.78, 5) is 0. The van der Waals surface area contributed by atoms with Crippen LogP contribution in [-0.2, 0) is 4.74 Å². The number of ether oxygens (including phenoxy) is 1. The van der Waals surface area contributed by atoms with E-state index in [9.17, 15) is 8.78 Å². The van der Waals surface area contributed by atoms with Crippen LogP contribution in [0.1, 0.15) is 47.0 Å². The van der Waals surface area contributed by atoms with Gasteiger partial charge in [0.05, 0.1) is 7.11 Å². The van der Waals surface area contributed by atoms with Gasteiger partial charge in [-0.25, -0.2) is 4.39 Å². The van der Waals surface area contributed by atoms with E-state index in [-0.39, 0.29) is 17.3 Å². The van der Waals surface area contributed by atoms with Crippen molar-refractivity contribution in [3.8, 4) is 0 Å². The van der Waals surface area contributed by atoms with Crippen LogP contribution in [0.5, 0.6) is 0 Å². The van der Waals surface area contributed by atoms with Crippen LogP contribution in [0.25, 0.3) is 0 Å². The SMILES string of the molecule is C=C(OC)/C(F)=C(/F)C(=C)C(C)CCC(C)CC.C=CC. The summed E-state index contributed by atoms with van der Waals surface area (Å²) in [5.74, 6) is -1.81. The van der Waals surface area contributed by atoms with Gasteiger partial charge >= 0.3 is 0 Å². The van der Waals surface area contributed by atoms with E-state index in [4.69, 9.17) is 0 Å². The molecule has 0 bridgehead atoms. The standard InChI is InChI=1S/C15H24F2O.C3H6/c1-7-10(2)8-9-11(3)12(4)14(16)15(17)13(5)18-6;1-3-2/h10-11H,4-5,7-9H2,1-3,6H3;3H,1H2,2H3/b15-14-;. The fourth-order valence-electron chi connectivity index (χ4n) is 1.48. The Morgan fingerprint density at radius 2 is 1.62 bits per heavy atom. The molecule has 3 heteroatoms. The van der Waals surface area contributed by atoms with Crippen molar-refractivity contribution in [1.29, 1.82) is 0 Å². The highest BCUT2D eigenvalue weighted by atomic mass is 19.2. The maximum atomic E-state index is 13.7. The van der Waals surface area contributed by atoms with Gasteiger partial charge in [-0.15, -0.1) is 6.58 Å². The maximum absolute atomic E-state index is 13.7. The lowest BCUT2D eigenvalue weighted by molar-refractivity contribution is 0.280. The summed E-state index contributed by atoms with van der Waals surface area (Å²) in [6.07, 6.45) is 4.62. The smallest absolute Gasteiger partial charge is 0.200 e. The molecule has 0 aromatic heterocycles. The second kappa shape index (κ2) is 12.4. The van der Waals surface area contributed by atoms with Gasteiger partial charge in [-0.1, -0.05) is 52.8 Å². The summed E-state index contributed by atoms with van der Waals surface area (Å²) in [5, 5.41) is 0. The maximum Gasteiger partial charge on any atom is 0.200 e. The van der Waals surface area contributed by atoms with Gasteiger partial charge in [0.2, 0.25) is 0 Å². The third-order valence-electron chi connectivity index (χ3n) is 3.35. The molecule has 0 heterocycles. The second-order valence-electron chi connectivity index (χ2n) is 5.18. The molecule has 0 fully saturated rings. The monoisotopic (exact) mass is 300 g/mol. The third kappa shape index (κ3) is 9.22. The van der Waals surface area contributed by atoms with Gasteiger partial charge in [-0.05, 0) is 30.8 Å². The zero-order chi connectivity index (χ0) is 17.0. The number of halogens is 2. The van der Waals surface area contributed by atoms with Gasteiger partial charge in [0, 0.05) is 0 Å². The first-order chi connectivity index (χ1) is 9.76. The van der Waals surface area contributed by atoms with Gasteiger partial charge in [0.1, 0.15) is 5.76 Å². The third-order valence-corrected chi connectivity index (χ3v) is 3.35. The molecular formula is C18H30F2O. The Morgan fingerprint density at radius 3 is 2.00 bits per heavy atom. The largest absolute Gasteiger partial charge is 0.494 e. The van der Waals surface area contributed by atoms with Gasteiger partial charge in [-0.2, -0.15) is 4.39 Å². The summed E-state index contributed by atoms with van der Waals surface area (Å²) in [7, 11) is 1.25.